The molecule has 1 aliphatic rings. The average Bonchev–Trinajstić information content (AvgIpc) is 3.56. The van der Waals surface area contributed by atoms with Crippen LogP contribution in [0.2, 0.25) is 0 Å². The van der Waals surface area contributed by atoms with E-state index < -0.39 is 12.0 Å². The number of benzene rings is 2. The SMILES string of the molecule is COCCN1C(=O)c2ccccc2C(C(=O)Nc2ccc(-c3nncn3C)cc2)C1c1cccs1. The van der Waals surface area contributed by atoms with Crippen molar-refractivity contribution in [3.8, 4) is 11.4 Å². The molecule has 178 valence electrons. The van der Waals surface area contributed by atoms with Gasteiger partial charge in [-0.25, -0.2) is 0 Å². The van der Waals surface area contributed by atoms with E-state index in [-0.39, 0.29) is 11.8 Å². The van der Waals surface area contributed by atoms with Gasteiger partial charge >= 0.3 is 0 Å². The van der Waals surface area contributed by atoms with Crippen LogP contribution in [0.15, 0.2) is 72.4 Å². The largest absolute Gasteiger partial charge is 0.383 e. The van der Waals surface area contributed by atoms with Crippen molar-refractivity contribution in [1.29, 1.82) is 0 Å². The molecule has 0 fully saturated rings. The molecule has 3 heterocycles. The zero-order chi connectivity index (χ0) is 24.4. The van der Waals surface area contributed by atoms with Crippen molar-refractivity contribution < 1.29 is 14.3 Å². The summed E-state index contributed by atoms with van der Waals surface area (Å²) in [6, 6.07) is 18.4. The summed E-state index contributed by atoms with van der Waals surface area (Å²) >= 11 is 1.54. The van der Waals surface area contributed by atoms with Gasteiger partial charge < -0.3 is 19.5 Å². The van der Waals surface area contributed by atoms with Gasteiger partial charge in [0.2, 0.25) is 5.91 Å². The summed E-state index contributed by atoms with van der Waals surface area (Å²) in [6.07, 6.45) is 1.65. The molecule has 9 heteroatoms. The Balaban J connectivity index is 1.50. The number of aromatic nitrogens is 3. The summed E-state index contributed by atoms with van der Waals surface area (Å²) in [6.45, 7) is 0.774. The second-order valence-electron chi connectivity index (χ2n) is 8.35. The molecule has 1 aliphatic heterocycles. The Kier molecular flexibility index (Phi) is 6.43. The van der Waals surface area contributed by atoms with Gasteiger partial charge in [-0.2, -0.15) is 0 Å². The molecule has 0 radical (unpaired) electrons. The molecule has 2 amide bonds. The minimum absolute atomic E-state index is 0.0897. The number of carbonyl (C=O) groups excluding carboxylic acids is 2. The van der Waals surface area contributed by atoms with Gasteiger partial charge in [-0.1, -0.05) is 24.3 Å². The summed E-state index contributed by atoms with van der Waals surface area (Å²) in [7, 11) is 3.49. The number of anilines is 1. The van der Waals surface area contributed by atoms with Crippen LogP contribution in [0.4, 0.5) is 5.69 Å². The molecule has 0 bridgehead atoms. The minimum atomic E-state index is -0.571. The van der Waals surface area contributed by atoms with Gasteiger partial charge in [0, 0.05) is 42.4 Å². The number of thiophene rings is 1. The quantitative estimate of drug-likeness (QED) is 0.424. The fourth-order valence-electron chi connectivity index (χ4n) is 4.55. The van der Waals surface area contributed by atoms with E-state index >= 15 is 0 Å². The number of methoxy groups -OCH3 is 1. The highest BCUT2D eigenvalue weighted by Crippen LogP contribution is 2.44. The molecule has 35 heavy (non-hydrogen) atoms. The Morgan fingerprint density at radius 3 is 2.60 bits per heavy atom. The number of hydrogen-bond donors (Lipinski definition) is 1. The smallest absolute Gasteiger partial charge is 0.254 e. The van der Waals surface area contributed by atoms with Crippen LogP contribution in [0.3, 0.4) is 0 Å². The highest BCUT2D eigenvalue weighted by atomic mass is 32.1. The molecule has 8 nitrogen and oxygen atoms in total. The van der Waals surface area contributed by atoms with E-state index in [0.717, 1.165) is 21.8 Å². The summed E-state index contributed by atoms with van der Waals surface area (Å²) in [5.74, 6) is -0.0859. The molecule has 2 aromatic heterocycles. The van der Waals surface area contributed by atoms with Crippen molar-refractivity contribution in [3.63, 3.8) is 0 Å². The van der Waals surface area contributed by atoms with Crippen molar-refractivity contribution in [2.24, 2.45) is 7.05 Å². The summed E-state index contributed by atoms with van der Waals surface area (Å²) in [4.78, 5) is 30.0. The monoisotopic (exact) mass is 487 g/mol. The number of nitrogens with zero attached hydrogens (tertiary/aromatic N) is 4. The maximum Gasteiger partial charge on any atom is 0.254 e. The molecular weight excluding hydrogens is 462 g/mol. The van der Waals surface area contributed by atoms with E-state index in [1.807, 2.05) is 71.6 Å². The van der Waals surface area contributed by atoms with Crippen LogP contribution in [-0.2, 0) is 16.6 Å². The first kappa shape index (κ1) is 22.9. The third kappa shape index (κ3) is 4.36. The van der Waals surface area contributed by atoms with Gasteiger partial charge in [0.05, 0.1) is 18.6 Å². The first-order valence-electron chi connectivity index (χ1n) is 11.3. The zero-order valence-corrected chi connectivity index (χ0v) is 20.2. The van der Waals surface area contributed by atoms with Crippen LogP contribution >= 0.6 is 11.3 Å². The number of fused-ring (bicyclic) bond motifs is 1. The standard InChI is InChI=1S/C26H25N5O3S/c1-30-16-27-29-24(30)17-9-11-18(12-10-17)28-25(32)22-19-6-3-4-7-20(19)26(33)31(13-14-34-2)23(22)21-8-5-15-35-21/h3-12,15-16,22-23H,13-14H2,1-2H3,(H,28,32). The number of amides is 2. The highest BCUT2D eigenvalue weighted by molar-refractivity contribution is 7.10. The van der Waals surface area contributed by atoms with Crippen molar-refractivity contribution >= 4 is 28.8 Å². The highest BCUT2D eigenvalue weighted by Gasteiger charge is 2.44. The lowest BCUT2D eigenvalue weighted by Gasteiger charge is -2.41. The third-order valence-electron chi connectivity index (χ3n) is 6.21. The Bertz CT molecular complexity index is 1330. The molecule has 4 aromatic rings. The predicted molar refractivity (Wildman–Crippen MR) is 134 cm³/mol. The second-order valence-corrected chi connectivity index (χ2v) is 9.33. The van der Waals surface area contributed by atoms with Crippen molar-refractivity contribution in [2.75, 3.05) is 25.6 Å². The number of aryl methyl sites for hydroxylation is 1. The summed E-state index contributed by atoms with van der Waals surface area (Å²) in [5, 5.41) is 13.1. The van der Waals surface area contributed by atoms with Gasteiger partial charge in [0.15, 0.2) is 5.82 Å². The van der Waals surface area contributed by atoms with Gasteiger partial charge in [0.1, 0.15) is 6.33 Å². The Labute approximate surface area is 207 Å². The van der Waals surface area contributed by atoms with Crippen molar-refractivity contribution in [2.45, 2.75) is 12.0 Å². The third-order valence-corrected chi connectivity index (χ3v) is 7.16. The minimum Gasteiger partial charge on any atom is -0.383 e. The van der Waals surface area contributed by atoms with Crippen LogP contribution in [0.1, 0.15) is 32.8 Å². The van der Waals surface area contributed by atoms with Gasteiger partial charge in [-0.3, -0.25) is 9.59 Å². The van der Waals surface area contributed by atoms with E-state index in [9.17, 15) is 9.59 Å². The number of ether oxygens (including phenoxy) is 1. The summed E-state index contributed by atoms with van der Waals surface area (Å²) in [5.41, 5.74) is 2.86. The van der Waals surface area contributed by atoms with E-state index in [0.29, 0.717) is 24.4 Å². The zero-order valence-electron chi connectivity index (χ0n) is 19.4. The van der Waals surface area contributed by atoms with Gasteiger partial charge in [-0.15, -0.1) is 21.5 Å². The molecule has 2 atom stereocenters. The second kappa shape index (κ2) is 9.81. The maximum absolute atomic E-state index is 13.8. The van der Waals surface area contributed by atoms with E-state index in [1.165, 1.54) is 0 Å². The Morgan fingerprint density at radius 2 is 1.91 bits per heavy atom. The molecule has 5 rings (SSSR count). The number of nitrogens with one attached hydrogen (secondary N) is 1. The van der Waals surface area contributed by atoms with Crippen LogP contribution in [0.5, 0.6) is 0 Å². The maximum atomic E-state index is 13.8. The lowest BCUT2D eigenvalue weighted by atomic mass is 9.81. The molecular formula is C26H25N5O3S. The number of rotatable bonds is 7. The van der Waals surface area contributed by atoms with E-state index in [2.05, 4.69) is 15.5 Å². The summed E-state index contributed by atoms with van der Waals surface area (Å²) < 4.78 is 7.12. The molecule has 2 unspecified atom stereocenters. The predicted octanol–water partition coefficient (Wildman–Crippen LogP) is 4.11. The fraction of sp³-hybridized carbons (Fsp3) is 0.231. The Hall–Kier alpha value is -3.82. The van der Waals surface area contributed by atoms with Crippen molar-refractivity contribution in [1.82, 2.24) is 19.7 Å². The molecule has 2 aromatic carbocycles. The van der Waals surface area contributed by atoms with Gasteiger partial charge in [0.25, 0.3) is 5.91 Å². The lowest BCUT2D eigenvalue weighted by Crippen LogP contribution is -2.47. The molecule has 0 saturated heterocycles. The van der Waals surface area contributed by atoms with Crippen LogP contribution in [0, 0.1) is 0 Å². The molecule has 0 spiro atoms. The first-order valence-corrected chi connectivity index (χ1v) is 12.1. The van der Waals surface area contributed by atoms with E-state index in [4.69, 9.17) is 4.74 Å². The van der Waals surface area contributed by atoms with Crippen LogP contribution in [0.25, 0.3) is 11.4 Å². The lowest BCUT2D eigenvalue weighted by molar-refractivity contribution is -0.119. The first-order chi connectivity index (χ1) is 17.1. The number of carbonyl (C=O) groups is 2. The normalized spacial score (nSPS) is 17.3. The Morgan fingerprint density at radius 1 is 1.11 bits per heavy atom. The van der Waals surface area contributed by atoms with E-state index in [1.54, 1.807) is 35.7 Å². The molecule has 0 saturated carbocycles. The number of hydrogen-bond acceptors (Lipinski definition) is 6. The average molecular weight is 488 g/mol. The molecule has 0 aliphatic carbocycles. The van der Waals surface area contributed by atoms with Crippen molar-refractivity contribution in [3.05, 3.63) is 88.4 Å². The van der Waals surface area contributed by atoms with Gasteiger partial charge in [-0.05, 0) is 47.3 Å². The van der Waals surface area contributed by atoms with Crippen LogP contribution in [-0.4, -0.2) is 51.7 Å². The fourth-order valence-corrected chi connectivity index (χ4v) is 5.43. The molecule has 1 N–H and O–H groups in total. The van der Waals surface area contributed by atoms with Crippen LogP contribution < -0.4 is 5.32 Å². The topological polar surface area (TPSA) is 89.3 Å².